The van der Waals surface area contributed by atoms with Crippen LogP contribution >= 0.6 is 0 Å². The molecule has 2 aromatic rings. The normalized spacial score (nSPS) is 12.9. The molecule has 6 heteroatoms. The lowest BCUT2D eigenvalue weighted by molar-refractivity contribution is 0.0240. The predicted octanol–water partition coefficient (Wildman–Crippen LogP) is 3.62. The van der Waals surface area contributed by atoms with Crippen molar-refractivity contribution in [2.24, 2.45) is 0 Å². The summed E-state index contributed by atoms with van der Waals surface area (Å²) in [4.78, 5) is 12.2. The highest BCUT2D eigenvalue weighted by molar-refractivity contribution is 5.69. The SMILES string of the molecule is CC(c1ccc(OCc2ccccc2)cc1)C(CO)(CO)NC(=O)OC(C)(C)C. The van der Waals surface area contributed by atoms with Crippen molar-refractivity contribution in [2.75, 3.05) is 13.2 Å². The van der Waals surface area contributed by atoms with Gasteiger partial charge in [-0.1, -0.05) is 49.4 Å². The van der Waals surface area contributed by atoms with Crippen LogP contribution in [-0.4, -0.2) is 40.7 Å². The summed E-state index contributed by atoms with van der Waals surface area (Å²) in [5, 5.41) is 22.6. The molecule has 0 saturated carbocycles. The smallest absolute Gasteiger partial charge is 0.408 e. The largest absolute Gasteiger partial charge is 0.489 e. The van der Waals surface area contributed by atoms with Gasteiger partial charge >= 0.3 is 6.09 Å². The lowest BCUT2D eigenvalue weighted by atomic mass is 9.81. The third-order valence-electron chi connectivity index (χ3n) is 4.77. The third kappa shape index (κ3) is 6.48. The zero-order chi connectivity index (χ0) is 21.5. The number of alkyl carbamates (subject to hydrolysis) is 1. The molecule has 0 aromatic heterocycles. The van der Waals surface area contributed by atoms with Gasteiger partial charge in [-0.3, -0.25) is 0 Å². The highest BCUT2D eigenvalue weighted by Gasteiger charge is 2.39. The molecule has 1 unspecified atom stereocenters. The number of nitrogens with one attached hydrogen (secondary N) is 1. The summed E-state index contributed by atoms with van der Waals surface area (Å²) in [6.45, 7) is 6.69. The van der Waals surface area contributed by atoms with Crippen LogP contribution in [0.15, 0.2) is 54.6 Å². The first-order chi connectivity index (χ1) is 13.7. The molecule has 2 rings (SSSR count). The van der Waals surface area contributed by atoms with E-state index in [1.54, 1.807) is 20.8 Å². The highest BCUT2D eigenvalue weighted by atomic mass is 16.6. The topological polar surface area (TPSA) is 88.0 Å². The summed E-state index contributed by atoms with van der Waals surface area (Å²) in [6, 6.07) is 17.3. The molecule has 0 radical (unpaired) electrons. The maximum atomic E-state index is 12.2. The second-order valence-corrected chi connectivity index (χ2v) is 8.16. The Balaban J connectivity index is 2.08. The van der Waals surface area contributed by atoms with Crippen molar-refractivity contribution in [3.8, 4) is 5.75 Å². The monoisotopic (exact) mass is 401 g/mol. The van der Waals surface area contributed by atoms with E-state index in [9.17, 15) is 15.0 Å². The fourth-order valence-corrected chi connectivity index (χ4v) is 2.93. The van der Waals surface area contributed by atoms with E-state index >= 15 is 0 Å². The van der Waals surface area contributed by atoms with Crippen LogP contribution in [0.3, 0.4) is 0 Å². The Hall–Kier alpha value is -2.57. The molecular formula is C23H31NO5. The van der Waals surface area contributed by atoms with Gasteiger partial charge in [0, 0.05) is 5.92 Å². The minimum atomic E-state index is -1.26. The van der Waals surface area contributed by atoms with Crippen molar-refractivity contribution in [3.05, 3.63) is 65.7 Å². The molecule has 158 valence electrons. The number of carbonyl (C=O) groups excluding carboxylic acids is 1. The quantitative estimate of drug-likeness (QED) is 0.629. The Labute approximate surface area is 172 Å². The molecule has 0 fully saturated rings. The first-order valence-corrected chi connectivity index (χ1v) is 9.69. The Kier molecular flexibility index (Phi) is 7.65. The molecular weight excluding hydrogens is 370 g/mol. The van der Waals surface area contributed by atoms with Gasteiger partial charge in [0.1, 0.15) is 18.0 Å². The lowest BCUT2D eigenvalue weighted by Gasteiger charge is -2.37. The van der Waals surface area contributed by atoms with E-state index in [4.69, 9.17) is 9.47 Å². The number of aliphatic hydroxyl groups is 2. The Morgan fingerprint density at radius 1 is 1.00 bits per heavy atom. The van der Waals surface area contributed by atoms with Crippen LogP contribution in [0.4, 0.5) is 4.79 Å². The highest BCUT2D eigenvalue weighted by Crippen LogP contribution is 2.30. The predicted molar refractivity (Wildman–Crippen MR) is 112 cm³/mol. The Morgan fingerprint density at radius 2 is 1.59 bits per heavy atom. The molecule has 3 N–H and O–H groups in total. The van der Waals surface area contributed by atoms with Gasteiger partial charge in [0.15, 0.2) is 0 Å². The molecule has 0 aliphatic heterocycles. The first-order valence-electron chi connectivity index (χ1n) is 9.69. The molecule has 1 atom stereocenters. The fourth-order valence-electron chi connectivity index (χ4n) is 2.93. The van der Waals surface area contributed by atoms with E-state index < -0.39 is 30.4 Å². The van der Waals surface area contributed by atoms with E-state index in [0.717, 1.165) is 11.1 Å². The van der Waals surface area contributed by atoms with Gasteiger partial charge in [0.05, 0.1) is 18.8 Å². The first kappa shape index (κ1) is 22.7. The molecule has 29 heavy (non-hydrogen) atoms. The van der Waals surface area contributed by atoms with Crippen LogP contribution in [0.2, 0.25) is 0 Å². The van der Waals surface area contributed by atoms with Crippen LogP contribution in [0.5, 0.6) is 5.75 Å². The van der Waals surface area contributed by atoms with Gasteiger partial charge in [-0.15, -0.1) is 0 Å². The molecule has 2 aromatic carbocycles. The second kappa shape index (κ2) is 9.76. The Morgan fingerprint density at radius 3 is 2.10 bits per heavy atom. The van der Waals surface area contributed by atoms with Gasteiger partial charge in [-0.2, -0.15) is 0 Å². The molecule has 0 aliphatic rings. The number of hydrogen-bond acceptors (Lipinski definition) is 5. The van der Waals surface area contributed by atoms with E-state index in [2.05, 4.69) is 5.32 Å². The van der Waals surface area contributed by atoms with E-state index in [0.29, 0.717) is 12.4 Å². The van der Waals surface area contributed by atoms with E-state index in [1.165, 1.54) is 0 Å². The average Bonchev–Trinajstić information content (AvgIpc) is 2.70. The van der Waals surface area contributed by atoms with Gasteiger partial charge in [0.2, 0.25) is 0 Å². The molecule has 0 spiro atoms. The number of aliphatic hydroxyl groups excluding tert-OH is 2. The lowest BCUT2D eigenvalue weighted by Crippen LogP contribution is -2.58. The molecule has 0 heterocycles. The van der Waals surface area contributed by atoms with Gasteiger partial charge in [-0.25, -0.2) is 4.79 Å². The van der Waals surface area contributed by atoms with Crippen molar-refractivity contribution in [2.45, 2.75) is 51.4 Å². The average molecular weight is 402 g/mol. The van der Waals surface area contributed by atoms with Crippen LogP contribution in [0.1, 0.15) is 44.7 Å². The van der Waals surface area contributed by atoms with Crippen LogP contribution in [-0.2, 0) is 11.3 Å². The number of hydrogen-bond donors (Lipinski definition) is 3. The van der Waals surface area contributed by atoms with Crippen molar-refractivity contribution in [1.29, 1.82) is 0 Å². The van der Waals surface area contributed by atoms with Crippen molar-refractivity contribution in [3.63, 3.8) is 0 Å². The Bertz CT molecular complexity index is 764. The number of rotatable bonds is 8. The van der Waals surface area contributed by atoms with E-state index in [-0.39, 0.29) is 5.92 Å². The molecule has 0 saturated heterocycles. The van der Waals surface area contributed by atoms with Gasteiger partial charge in [0.25, 0.3) is 0 Å². The van der Waals surface area contributed by atoms with Crippen molar-refractivity contribution < 1.29 is 24.5 Å². The number of carbonyl (C=O) groups is 1. The fraction of sp³-hybridized carbons (Fsp3) is 0.435. The minimum absolute atomic E-state index is 0.367. The molecule has 6 nitrogen and oxygen atoms in total. The molecule has 0 aliphatic carbocycles. The van der Waals surface area contributed by atoms with Crippen molar-refractivity contribution in [1.82, 2.24) is 5.32 Å². The molecule has 1 amide bonds. The van der Waals surface area contributed by atoms with Crippen molar-refractivity contribution >= 4 is 6.09 Å². The van der Waals surface area contributed by atoms with E-state index in [1.807, 2.05) is 61.5 Å². The summed E-state index contributed by atoms with van der Waals surface area (Å²) in [5.41, 5.74) is -0.0153. The summed E-state index contributed by atoms with van der Waals surface area (Å²) < 4.78 is 11.1. The number of benzene rings is 2. The van der Waals surface area contributed by atoms with Gasteiger partial charge in [-0.05, 0) is 44.0 Å². The van der Waals surface area contributed by atoms with Crippen LogP contribution in [0.25, 0.3) is 0 Å². The maximum absolute atomic E-state index is 12.2. The number of amides is 1. The summed E-state index contributed by atoms with van der Waals surface area (Å²) in [6.07, 6.45) is -0.685. The maximum Gasteiger partial charge on any atom is 0.408 e. The zero-order valence-corrected chi connectivity index (χ0v) is 17.5. The second-order valence-electron chi connectivity index (χ2n) is 8.16. The molecule has 0 bridgehead atoms. The van der Waals surface area contributed by atoms with Crippen LogP contribution in [0, 0.1) is 0 Å². The summed E-state index contributed by atoms with van der Waals surface area (Å²) in [5.74, 6) is 0.344. The minimum Gasteiger partial charge on any atom is -0.489 e. The van der Waals surface area contributed by atoms with Crippen LogP contribution < -0.4 is 10.1 Å². The van der Waals surface area contributed by atoms with Gasteiger partial charge < -0.3 is 25.0 Å². The summed E-state index contributed by atoms with van der Waals surface area (Å²) >= 11 is 0. The zero-order valence-electron chi connectivity index (χ0n) is 17.5. The number of ether oxygens (including phenoxy) is 2. The summed E-state index contributed by atoms with van der Waals surface area (Å²) in [7, 11) is 0. The standard InChI is InChI=1S/C23H31NO5/c1-17(23(15-25,16-26)24-21(27)29-22(2,3)4)19-10-12-20(13-11-19)28-14-18-8-6-5-7-9-18/h5-13,17,25-26H,14-16H2,1-4H3,(H,24,27). The third-order valence-corrected chi connectivity index (χ3v) is 4.77.